The molecule has 1 N–H and O–H groups in total. The molecule has 17 heavy (non-hydrogen) atoms. The molecule has 0 fully saturated rings. The highest BCUT2D eigenvalue weighted by molar-refractivity contribution is 9.09. The van der Waals surface area contributed by atoms with Crippen LogP contribution in [0.2, 0.25) is 0 Å². The molecule has 0 aromatic heterocycles. The van der Waals surface area contributed by atoms with Gasteiger partial charge in [-0.05, 0) is 38.3 Å². The minimum Gasteiger partial charge on any atom is -0.352 e. The zero-order chi connectivity index (χ0) is 12.8. The molecule has 1 aromatic rings. The molecule has 0 heterocycles. The lowest BCUT2D eigenvalue weighted by Crippen LogP contribution is -2.25. The highest BCUT2D eigenvalue weighted by Gasteiger charge is 2.08. The molecule has 94 valence electrons. The van der Waals surface area contributed by atoms with Gasteiger partial charge in [0.05, 0.1) is 0 Å². The molecule has 1 unspecified atom stereocenters. The quantitative estimate of drug-likeness (QED) is 0.653. The van der Waals surface area contributed by atoms with Gasteiger partial charge in [0.25, 0.3) is 5.91 Å². The van der Waals surface area contributed by atoms with Gasteiger partial charge in [0.1, 0.15) is 0 Å². The number of halogens is 1. The second-order valence-electron chi connectivity index (χ2n) is 4.50. The minimum atomic E-state index is 0.0356. The van der Waals surface area contributed by atoms with Crippen molar-refractivity contribution in [1.82, 2.24) is 5.32 Å². The van der Waals surface area contributed by atoms with Gasteiger partial charge in [-0.15, -0.1) is 0 Å². The van der Waals surface area contributed by atoms with E-state index in [-0.39, 0.29) is 5.91 Å². The summed E-state index contributed by atoms with van der Waals surface area (Å²) >= 11 is 3.49. The van der Waals surface area contributed by atoms with Gasteiger partial charge in [0, 0.05) is 16.9 Å². The molecule has 3 heteroatoms. The van der Waals surface area contributed by atoms with Crippen molar-refractivity contribution in [1.29, 1.82) is 0 Å². The molecule has 0 bridgehead atoms. The third-order valence-corrected chi connectivity index (χ3v) is 3.16. The Balaban J connectivity index is 2.49. The summed E-state index contributed by atoms with van der Waals surface area (Å²) < 4.78 is 0. The largest absolute Gasteiger partial charge is 0.352 e. The van der Waals surface area contributed by atoms with Crippen molar-refractivity contribution >= 4 is 21.8 Å². The van der Waals surface area contributed by atoms with Gasteiger partial charge in [0.2, 0.25) is 0 Å². The second-order valence-corrected chi connectivity index (χ2v) is 6.06. The SMILES string of the molecule is Cc1ccc(C)c(C(=O)NCCCC(C)Br)c1. The average molecular weight is 298 g/mol. The fraction of sp³-hybridized carbons (Fsp3) is 0.500. The summed E-state index contributed by atoms with van der Waals surface area (Å²) in [5.74, 6) is 0.0356. The first-order valence-electron chi connectivity index (χ1n) is 6.00. The molecule has 0 radical (unpaired) electrons. The molecule has 1 rings (SSSR count). The fourth-order valence-corrected chi connectivity index (χ4v) is 1.98. The number of amides is 1. The minimum absolute atomic E-state index is 0.0356. The maximum absolute atomic E-state index is 11.9. The van der Waals surface area contributed by atoms with E-state index in [4.69, 9.17) is 0 Å². The lowest BCUT2D eigenvalue weighted by molar-refractivity contribution is 0.0952. The number of hydrogen-bond acceptors (Lipinski definition) is 1. The van der Waals surface area contributed by atoms with Crippen LogP contribution in [-0.4, -0.2) is 17.3 Å². The van der Waals surface area contributed by atoms with Gasteiger partial charge in [-0.2, -0.15) is 0 Å². The monoisotopic (exact) mass is 297 g/mol. The Kier molecular flexibility index (Phi) is 5.69. The van der Waals surface area contributed by atoms with Gasteiger partial charge < -0.3 is 5.32 Å². The normalized spacial score (nSPS) is 12.2. The van der Waals surface area contributed by atoms with E-state index in [1.807, 2.05) is 32.0 Å². The van der Waals surface area contributed by atoms with E-state index in [1.165, 1.54) is 0 Å². The van der Waals surface area contributed by atoms with Crippen molar-refractivity contribution in [2.24, 2.45) is 0 Å². The molecule has 1 amide bonds. The lowest BCUT2D eigenvalue weighted by atomic mass is 10.1. The lowest BCUT2D eigenvalue weighted by Gasteiger charge is -2.09. The van der Waals surface area contributed by atoms with Crippen LogP contribution in [0.5, 0.6) is 0 Å². The highest BCUT2D eigenvalue weighted by Crippen LogP contribution is 2.10. The molecule has 2 nitrogen and oxygen atoms in total. The maximum Gasteiger partial charge on any atom is 0.251 e. The van der Waals surface area contributed by atoms with Crippen LogP contribution in [0.4, 0.5) is 0 Å². The van der Waals surface area contributed by atoms with Crippen molar-refractivity contribution in [2.45, 2.75) is 38.4 Å². The van der Waals surface area contributed by atoms with E-state index in [2.05, 4.69) is 28.2 Å². The smallest absolute Gasteiger partial charge is 0.251 e. The van der Waals surface area contributed by atoms with Crippen molar-refractivity contribution in [3.8, 4) is 0 Å². The molecule has 0 aliphatic carbocycles. The second kappa shape index (κ2) is 6.80. The number of carbonyl (C=O) groups excluding carboxylic acids is 1. The van der Waals surface area contributed by atoms with Gasteiger partial charge in [-0.3, -0.25) is 4.79 Å². The van der Waals surface area contributed by atoms with Crippen LogP contribution in [0.1, 0.15) is 41.3 Å². The van der Waals surface area contributed by atoms with Crippen LogP contribution >= 0.6 is 15.9 Å². The third kappa shape index (κ3) is 4.90. The van der Waals surface area contributed by atoms with Crippen molar-refractivity contribution in [2.75, 3.05) is 6.54 Å². The Bertz CT molecular complexity index is 388. The maximum atomic E-state index is 11.9. The van der Waals surface area contributed by atoms with Crippen molar-refractivity contribution in [3.05, 3.63) is 34.9 Å². The first-order valence-corrected chi connectivity index (χ1v) is 6.92. The van der Waals surface area contributed by atoms with Crippen molar-refractivity contribution in [3.63, 3.8) is 0 Å². The summed E-state index contributed by atoms with van der Waals surface area (Å²) in [5, 5.41) is 2.96. The van der Waals surface area contributed by atoms with Crippen LogP contribution in [0.15, 0.2) is 18.2 Å². The molecular formula is C14H20BrNO. The fourth-order valence-electron chi connectivity index (χ4n) is 1.66. The number of aryl methyl sites for hydroxylation is 2. The van der Waals surface area contributed by atoms with E-state index < -0.39 is 0 Å². The Labute approximate surface area is 112 Å². The molecule has 0 aliphatic heterocycles. The summed E-state index contributed by atoms with van der Waals surface area (Å²) in [5.41, 5.74) is 2.94. The van der Waals surface area contributed by atoms with Crippen LogP contribution < -0.4 is 5.32 Å². The number of benzene rings is 1. The zero-order valence-electron chi connectivity index (χ0n) is 10.7. The highest BCUT2D eigenvalue weighted by atomic mass is 79.9. The van der Waals surface area contributed by atoms with Crippen molar-refractivity contribution < 1.29 is 4.79 Å². The topological polar surface area (TPSA) is 29.1 Å². The van der Waals surface area contributed by atoms with Gasteiger partial charge in [-0.25, -0.2) is 0 Å². The van der Waals surface area contributed by atoms with Crippen LogP contribution in [-0.2, 0) is 0 Å². The van der Waals surface area contributed by atoms with E-state index in [0.29, 0.717) is 4.83 Å². The van der Waals surface area contributed by atoms with Gasteiger partial charge in [0.15, 0.2) is 0 Å². The molecule has 0 saturated carbocycles. The van der Waals surface area contributed by atoms with E-state index >= 15 is 0 Å². The first kappa shape index (κ1) is 14.2. The predicted octanol–water partition coefficient (Wildman–Crippen LogP) is 3.60. The number of carbonyl (C=O) groups is 1. The van der Waals surface area contributed by atoms with Gasteiger partial charge in [-0.1, -0.05) is 40.5 Å². The summed E-state index contributed by atoms with van der Waals surface area (Å²) in [4.78, 5) is 12.5. The van der Waals surface area contributed by atoms with Gasteiger partial charge >= 0.3 is 0 Å². The number of nitrogens with one attached hydrogen (secondary N) is 1. The van der Waals surface area contributed by atoms with E-state index in [1.54, 1.807) is 0 Å². The van der Waals surface area contributed by atoms with E-state index in [0.717, 1.165) is 36.1 Å². The Morgan fingerprint density at radius 1 is 1.41 bits per heavy atom. The molecule has 1 atom stereocenters. The Hall–Kier alpha value is -0.830. The average Bonchev–Trinajstić information content (AvgIpc) is 2.27. The standard InChI is InChI=1S/C14H20BrNO/c1-10-6-7-11(2)13(9-10)14(17)16-8-4-5-12(3)15/h6-7,9,12H,4-5,8H2,1-3H3,(H,16,17). The van der Waals surface area contributed by atoms with Crippen LogP contribution in [0.25, 0.3) is 0 Å². The Morgan fingerprint density at radius 2 is 2.12 bits per heavy atom. The third-order valence-electron chi connectivity index (χ3n) is 2.70. The summed E-state index contributed by atoms with van der Waals surface area (Å²) in [6.45, 7) is 6.83. The molecule has 0 spiro atoms. The summed E-state index contributed by atoms with van der Waals surface area (Å²) in [6, 6.07) is 5.96. The predicted molar refractivity (Wildman–Crippen MR) is 75.9 cm³/mol. The van der Waals surface area contributed by atoms with Crippen LogP contribution in [0.3, 0.4) is 0 Å². The molecular weight excluding hydrogens is 278 g/mol. The molecule has 0 aliphatic rings. The summed E-state index contributed by atoms with van der Waals surface area (Å²) in [7, 11) is 0. The van der Waals surface area contributed by atoms with E-state index in [9.17, 15) is 4.79 Å². The zero-order valence-corrected chi connectivity index (χ0v) is 12.3. The number of alkyl halides is 1. The summed E-state index contributed by atoms with van der Waals surface area (Å²) in [6.07, 6.45) is 2.08. The Morgan fingerprint density at radius 3 is 2.76 bits per heavy atom. The first-order chi connectivity index (χ1) is 8.00. The number of rotatable bonds is 5. The molecule has 1 aromatic carbocycles. The molecule has 0 saturated heterocycles. The van der Waals surface area contributed by atoms with Crippen LogP contribution in [0, 0.1) is 13.8 Å². The number of hydrogen-bond donors (Lipinski definition) is 1.